The third-order valence-corrected chi connectivity index (χ3v) is 4.23. The van der Waals surface area contributed by atoms with Gasteiger partial charge in [0.05, 0.1) is 10.2 Å². The van der Waals surface area contributed by atoms with Gasteiger partial charge in [-0.15, -0.1) is 12.4 Å². The van der Waals surface area contributed by atoms with Crippen molar-refractivity contribution in [2.45, 2.75) is 20.8 Å². The third-order valence-electron chi connectivity index (χ3n) is 3.20. The summed E-state index contributed by atoms with van der Waals surface area (Å²) < 4.78 is 1.15. The molecule has 1 aromatic heterocycles. The van der Waals surface area contributed by atoms with E-state index in [0.717, 1.165) is 21.9 Å². The average Bonchev–Trinajstić information content (AvgIpc) is 2.72. The second-order valence-corrected chi connectivity index (χ2v) is 6.41. The van der Waals surface area contributed by atoms with E-state index in [4.69, 9.17) is 0 Å². The van der Waals surface area contributed by atoms with Crippen molar-refractivity contribution in [3.05, 3.63) is 23.3 Å². The maximum absolute atomic E-state index is 11.9. The van der Waals surface area contributed by atoms with Crippen LogP contribution in [-0.2, 0) is 4.79 Å². The fourth-order valence-electron chi connectivity index (χ4n) is 2.16. The van der Waals surface area contributed by atoms with Crippen LogP contribution in [0.5, 0.6) is 0 Å². The molecule has 116 valence electrons. The number of carbonyl (C=O) groups is 1. The minimum atomic E-state index is 0. The molecule has 0 N–H and O–H groups in total. The maximum atomic E-state index is 11.9. The van der Waals surface area contributed by atoms with Gasteiger partial charge in [0.25, 0.3) is 0 Å². The fraction of sp³-hybridized carbons (Fsp3) is 0.467. The van der Waals surface area contributed by atoms with Gasteiger partial charge >= 0.3 is 0 Å². The highest BCUT2D eigenvalue weighted by molar-refractivity contribution is 7.22. The minimum Gasteiger partial charge on any atom is -0.308 e. The summed E-state index contributed by atoms with van der Waals surface area (Å²) in [6.07, 6.45) is 0. The number of hydrogen-bond acceptors (Lipinski definition) is 4. The van der Waals surface area contributed by atoms with Gasteiger partial charge in [-0.3, -0.25) is 9.69 Å². The number of likely N-dealkylation sites (N-methyl/N-ethyl adjacent to an activating group) is 1. The molecule has 1 amide bonds. The van der Waals surface area contributed by atoms with Crippen LogP contribution in [0, 0.1) is 13.8 Å². The Balaban J connectivity index is 0.00000220. The Bertz CT molecular complexity index is 639. The Labute approximate surface area is 136 Å². The zero-order valence-electron chi connectivity index (χ0n) is 13.1. The molecule has 6 heteroatoms. The molecule has 0 aliphatic carbocycles. The van der Waals surface area contributed by atoms with E-state index in [1.54, 1.807) is 23.2 Å². The van der Waals surface area contributed by atoms with E-state index < -0.39 is 0 Å². The van der Waals surface area contributed by atoms with E-state index >= 15 is 0 Å². The Morgan fingerprint density at radius 1 is 1.24 bits per heavy atom. The number of aryl methyl sites for hydroxylation is 2. The van der Waals surface area contributed by atoms with Gasteiger partial charge in [-0.1, -0.05) is 17.4 Å². The lowest BCUT2D eigenvalue weighted by Crippen LogP contribution is -2.35. The molecule has 0 aliphatic heterocycles. The lowest BCUT2D eigenvalue weighted by molar-refractivity contribution is -0.116. The van der Waals surface area contributed by atoms with Gasteiger partial charge in [-0.05, 0) is 45.1 Å². The number of thiazole rings is 1. The number of aromatic nitrogens is 1. The first kappa shape index (κ1) is 17.9. The molecule has 0 unspecified atom stereocenters. The van der Waals surface area contributed by atoms with Crippen molar-refractivity contribution in [1.29, 1.82) is 0 Å². The molecule has 2 rings (SSSR count). The number of nitrogens with zero attached hydrogens (tertiary/aromatic N) is 3. The topological polar surface area (TPSA) is 36.4 Å². The van der Waals surface area contributed by atoms with Crippen LogP contribution in [0.25, 0.3) is 10.2 Å². The van der Waals surface area contributed by atoms with Crippen LogP contribution in [-0.4, -0.2) is 43.0 Å². The lowest BCUT2D eigenvalue weighted by Gasteiger charge is -2.20. The van der Waals surface area contributed by atoms with E-state index in [1.165, 1.54) is 11.1 Å². The van der Waals surface area contributed by atoms with Crippen LogP contribution < -0.4 is 4.90 Å². The molecule has 1 heterocycles. The SMILES string of the molecule is CC(=O)N(CCN(C)C)c1nc2c(C)cc(C)cc2s1.Cl. The van der Waals surface area contributed by atoms with Crippen molar-refractivity contribution >= 4 is 45.0 Å². The van der Waals surface area contributed by atoms with Crippen molar-refractivity contribution in [3.63, 3.8) is 0 Å². The Kier molecular flexibility index (Phi) is 6.13. The average molecular weight is 328 g/mol. The lowest BCUT2D eigenvalue weighted by atomic mass is 10.1. The van der Waals surface area contributed by atoms with Gasteiger partial charge in [0, 0.05) is 20.0 Å². The first-order valence-electron chi connectivity index (χ1n) is 6.69. The molecule has 0 atom stereocenters. The summed E-state index contributed by atoms with van der Waals surface area (Å²) in [6.45, 7) is 7.24. The first-order chi connectivity index (χ1) is 9.38. The highest BCUT2D eigenvalue weighted by atomic mass is 35.5. The molecule has 21 heavy (non-hydrogen) atoms. The Hall–Kier alpha value is -1.17. The standard InChI is InChI=1S/C15H21N3OS.ClH/c1-10-8-11(2)14-13(9-10)20-15(16-14)18(12(3)19)7-6-17(4)5;/h8-9H,6-7H2,1-5H3;1H. The second kappa shape index (κ2) is 7.20. The monoisotopic (exact) mass is 327 g/mol. The predicted octanol–water partition coefficient (Wildman–Crippen LogP) is 3.25. The molecule has 0 saturated carbocycles. The van der Waals surface area contributed by atoms with Gasteiger partial charge in [0.2, 0.25) is 5.91 Å². The Morgan fingerprint density at radius 2 is 1.90 bits per heavy atom. The summed E-state index contributed by atoms with van der Waals surface area (Å²) in [5.41, 5.74) is 3.40. The van der Waals surface area contributed by atoms with E-state index in [2.05, 4.69) is 35.9 Å². The number of amides is 1. The highest BCUT2D eigenvalue weighted by Gasteiger charge is 2.17. The largest absolute Gasteiger partial charge is 0.308 e. The quantitative estimate of drug-likeness (QED) is 0.865. The number of rotatable bonds is 4. The van der Waals surface area contributed by atoms with Gasteiger partial charge in [-0.25, -0.2) is 4.98 Å². The van der Waals surface area contributed by atoms with Gasteiger partial charge in [-0.2, -0.15) is 0 Å². The van der Waals surface area contributed by atoms with Crippen LogP contribution >= 0.6 is 23.7 Å². The Morgan fingerprint density at radius 3 is 2.48 bits per heavy atom. The van der Waals surface area contributed by atoms with Crippen LogP contribution in [0.15, 0.2) is 12.1 Å². The smallest absolute Gasteiger partial charge is 0.225 e. The van der Waals surface area contributed by atoms with Crippen molar-refractivity contribution in [1.82, 2.24) is 9.88 Å². The van der Waals surface area contributed by atoms with Crippen molar-refractivity contribution < 1.29 is 4.79 Å². The van der Waals surface area contributed by atoms with E-state index in [9.17, 15) is 4.79 Å². The van der Waals surface area contributed by atoms with E-state index in [1.807, 2.05) is 14.1 Å². The molecule has 0 fully saturated rings. The zero-order valence-corrected chi connectivity index (χ0v) is 14.8. The number of hydrogen-bond donors (Lipinski definition) is 0. The molecular formula is C15H22ClN3OS. The molecule has 0 bridgehead atoms. The van der Waals surface area contributed by atoms with E-state index in [0.29, 0.717) is 6.54 Å². The summed E-state index contributed by atoms with van der Waals surface area (Å²) in [4.78, 5) is 20.3. The van der Waals surface area contributed by atoms with Crippen molar-refractivity contribution in [2.24, 2.45) is 0 Å². The zero-order chi connectivity index (χ0) is 14.9. The molecule has 0 saturated heterocycles. The molecule has 0 radical (unpaired) electrons. The summed E-state index contributed by atoms with van der Waals surface area (Å²) in [5.74, 6) is 0.0419. The first-order valence-corrected chi connectivity index (χ1v) is 7.50. The molecular weight excluding hydrogens is 306 g/mol. The summed E-state index contributed by atoms with van der Waals surface area (Å²) in [5, 5.41) is 0.794. The number of halogens is 1. The predicted molar refractivity (Wildman–Crippen MR) is 92.9 cm³/mol. The summed E-state index contributed by atoms with van der Waals surface area (Å²) in [6, 6.07) is 4.26. The maximum Gasteiger partial charge on any atom is 0.225 e. The van der Waals surface area contributed by atoms with Crippen LogP contribution in [0.3, 0.4) is 0 Å². The van der Waals surface area contributed by atoms with Crippen molar-refractivity contribution in [2.75, 3.05) is 32.1 Å². The second-order valence-electron chi connectivity index (χ2n) is 5.40. The molecule has 2 aromatic rings. The number of fused-ring (bicyclic) bond motifs is 1. The molecule has 4 nitrogen and oxygen atoms in total. The van der Waals surface area contributed by atoms with Gasteiger partial charge < -0.3 is 4.90 Å². The number of anilines is 1. The molecule has 0 spiro atoms. The van der Waals surface area contributed by atoms with Crippen molar-refractivity contribution in [3.8, 4) is 0 Å². The van der Waals surface area contributed by atoms with Gasteiger partial charge in [0.15, 0.2) is 5.13 Å². The van der Waals surface area contributed by atoms with Crippen LogP contribution in [0.2, 0.25) is 0 Å². The fourth-order valence-corrected chi connectivity index (χ4v) is 3.37. The molecule has 0 aliphatic rings. The third kappa shape index (κ3) is 4.15. The van der Waals surface area contributed by atoms with Gasteiger partial charge in [0.1, 0.15) is 0 Å². The normalized spacial score (nSPS) is 10.8. The van der Waals surface area contributed by atoms with E-state index in [-0.39, 0.29) is 18.3 Å². The van der Waals surface area contributed by atoms with Crippen LogP contribution in [0.4, 0.5) is 5.13 Å². The molecule has 1 aromatic carbocycles. The van der Waals surface area contributed by atoms with Crippen LogP contribution in [0.1, 0.15) is 18.1 Å². The number of carbonyl (C=O) groups excluding carboxylic acids is 1. The highest BCUT2D eigenvalue weighted by Crippen LogP contribution is 2.31. The summed E-state index contributed by atoms with van der Waals surface area (Å²) >= 11 is 1.59. The number of benzene rings is 1. The summed E-state index contributed by atoms with van der Waals surface area (Å²) in [7, 11) is 4.01. The minimum absolute atomic E-state index is 0.